The van der Waals surface area contributed by atoms with Crippen molar-refractivity contribution < 1.29 is 4.74 Å². The first kappa shape index (κ1) is 17.6. The fourth-order valence-electron chi connectivity index (χ4n) is 2.27. The Hall–Kier alpha value is -2.25. The molecule has 1 N–H and O–H groups in total. The van der Waals surface area contributed by atoms with Gasteiger partial charge in [0.15, 0.2) is 5.82 Å². The maximum Gasteiger partial charge on any atom is 0.216 e. The monoisotopic (exact) mass is 416 g/mol. The largest absolute Gasteiger partial charge is 0.491 e. The van der Waals surface area contributed by atoms with Crippen molar-refractivity contribution in [3.8, 4) is 17.1 Å². The Morgan fingerprint density at radius 3 is 2.80 bits per heavy atom. The van der Waals surface area contributed by atoms with E-state index in [4.69, 9.17) is 17.0 Å². The van der Waals surface area contributed by atoms with E-state index in [9.17, 15) is 0 Å². The highest BCUT2D eigenvalue weighted by atomic mass is 79.9. The van der Waals surface area contributed by atoms with Crippen LogP contribution in [0.15, 0.2) is 58.1 Å². The van der Waals surface area contributed by atoms with Gasteiger partial charge in [0.25, 0.3) is 0 Å². The summed E-state index contributed by atoms with van der Waals surface area (Å²) in [6, 6.07) is 15.5. The van der Waals surface area contributed by atoms with Crippen LogP contribution in [-0.2, 0) is 0 Å². The molecule has 1 heterocycles. The van der Waals surface area contributed by atoms with E-state index in [1.165, 1.54) is 0 Å². The molecule has 7 heteroatoms. The molecule has 128 valence electrons. The van der Waals surface area contributed by atoms with Crippen molar-refractivity contribution in [3.63, 3.8) is 0 Å². The van der Waals surface area contributed by atoms with E-state index in [1.807, 2.05) is 62.4 Å². The second kappa shape index (κ2) is 7.76. The number of nitrogens with one attached hydrogen (secondary N) is 1. The van der Waals surface area contributed by atoms with Crippen molar-refractivity contribution in [1.82, 2.24) is 14.9 Å². The molecule has 2 aromatic carbocycles. The third-order valence-electron chi connectivity index (χ3n) is 3.33. The molecule has 0 aliphatic carbocycles. The molecule has 3 aromatic rings. The topological polar surface area (TPSA) is 55.2 Å². The summed E-state index contributed by atoms with van der Waals surface area (Å²) in [6.07, 6.45) is 1.84. The quantitative estimate of drug-likeness (QED) is 0.468. The first-order valence-corrected chi connectivity index (χ1v) is 8.98. The lowest BCUT2D eigenvalue weighted by molar-refractivity contribution is 0.242. The number of nitrogens with zero attached hydrogens (tertiary/aromatic N) is 3. The highest BCUT2D eigenvalue weighted by Crippen LogP contribution is 2.23. The number of hydrogen-bond donors (Lipinski definition) is 1. The third-order valence-corrected chi connectivity index (χ3v) is 4.32. The van der Waals surface area contributed by atoms with Gasteiger partial charge < -0.3 is 4.74 Å². The van der Waals surface area contributed by atoms with Crippen LogP contribution in [0.1, 0.15) is 19.4 Å². The normalized spacial score (nSPS) is 11.4. The van der Waals surface area contributed by atoms with Gasteiger partial charge in [-0.2, -0.15) is 14.9 Å². The minimum atomic E-state index is 0.101. The number of aromatic nitrogens is 3. The molecule has 0 amide bonds. The van der Waals surface area contributed by atoms with E-state index < -0.39 is 0 Å². The van der Waals surface area contributed by atoms with E-state index in [0.29, 0.717) is 10.6 Å². The summed E-state index contributed by atoms with van der Waals surface area (Å²) in [6.45, 7) is 3.98. The van der Waals surface area contributed by atoms with E-state index in [-0.39, 0.29) is 6.10 Å². The molecule has 0 atom stereocenters. The summed E-state index contributed by atoms with van der Waals surface area (Å²) < 4.78 is 8.74. The van der Waals surface area contributed by atoms with Crippen molar-refractivity contribution >= 4 is 34.4 Å². The lowest BCUT2D eigenvalue weighted by atomic mass is 10.2. The first-order chi connectivity index (χ1) is 12.0. The number of benzene rings is 2. The molecule has 0 bridgehead atoms. The lowest BCUT2D eigenvalue weighted by Crippen LogP contribution is -2.05. The average Bonchev–Trinajstić information content (AvgIpc) is 2.95. The summed E-state index contributed by atoms with van der Waals surface area (Å²) >= 11 is 8.82. The maximum atomic E-state index is 5.75. The van der Waals surface area contributed by atoms with Gasteiger partial charge in [-0.05, 0) is 44.3 Å². The van der Waals surface area contributed by atoms with Gasteiger partial charge in [-0.1, -0.05) is 46.3 Å². The number of H-pyrrole nitrogens is 1. The predicted molar refractivity (Wildman–Crippen MR) is 106 cm³/mol. The van der Waals surface area contributed by atoms with Crippen LogP contribution in [0.3, 0.4) is 0 Å². The van der Waals surface area contributed by atoms with Gasteiger partial charge in [0, 0.05) is 15.6 Å². The van der Waals surface area contributed by atoms with Crippen molar-refractivity contribution in [2.24, 2.45) is 5.10 Å². The van der Waals surface area contributed by atoms with Gasteiger partial charge in [-0.15, -0.1) is 0 Å². The van der Waals surface area contributed by atoms with Gasteiger partial charge in [0.05, 0.1) is 12.3 Å². The minimum absolute atomic E-state index is 0.101. The van der Waals surface area contributed by atoms with Gasteiger partial charge in [0.1, 0.15) is 5.75 Å². The first-order valence-electron chi connectivity index (χ1n) is 7.78. The standard InChI is InChI=1S/C18H17BrN4OS/c1-12(2)24-15-8-5-7-13(10-15)17-21-22-18(25)23(17)20-11-14-6-3-4-9-16(14)19/h3-12H,1-2H3,(H,22,25). The Morgan fingerprint density at radius 1 is 1.24 bits per heavy atom. The zero-order valence-corrected chi connectivity index (χ0v) is 16.2. The highest BCUT2D eigenvalue weighted by Gasteiger charge is 2.10. The summed E-state index contributed by atoms with van der Waals surface area (Å²) in [5.41, 5.74) is 1.82. The molecule has 0 saturated heterocycles. The Labute approximate surface area is 159 Å². The second-order valence-electron chi connectivity index (χ2n) is 5.62. The summed E-state index contributed by atoms with van der Waals surface area (Å²) in [7, 11) is 0. The molecule has 0 unspecified atom stereocenters. The fraction of sp³-hybridized carbons (Fsp3) is 0.167. The molecule has 1 aromatic heterocycles. The van der Waals surface area contributed by atoms with Crippen LogP contribution >= 0.6 is 28.1 Å². The molecule has 0 aliphatic heterocycles. The molecule has 0 spiro atoms. The molecular formula is C18H17BrN4OS. The van der Waals surface area contributed by atoms with Crippen molar-refractivity contribution in [1.29, 1.82) is 0 Å². The SMILES string of the molecule is CC(C)Oc1cccc(-c2n[nH]c(=S)n2N=Cc2ccccc2Br)c1. The second-order valence-corrected chi connectivity index (χ2v) is 6.87. The highest BCUT2D eigenvalue weighted by molar-refractivity contribution is 9.10. The van der Waals surface area contributed by atoms with Crippen LogP contribution in [0, 0.1) is 4.77 Å². The Bertz CT molecular complexity index is 961. The number of rotatable bonds is 5. The van der Waals surface area contributed by atoms with Gasteiger partial charge in [0.2, 0.25) is 4.77 Å². The number of aromatic amines is 1. The van der Waals surface area contributed by atoms with Crippen LogP contribution in [0.4, 0.5) is 0 Å². The fourth-order valence-corrected chi connectivity index (χ4v) is 2.83. The Balaban J connectivity index is 1.98. The molecular weight excluding hydrogens is 400 g/mol. The van der Waals surface area contributed by atoms with Crippen LogP contribution in [0.25, 0.3) is 11.4 Å². The molecule has 25 heavy (non-hydrogen) atoms. The molecule has 3 rings (SSSR count). The third kappa shape index (κ3) is 4.24. The Kier molecular flexibility index (Phi) is 5.45. The molecule has 0 fully saturated rings. The van der Waals surface area contributed by atoms with Crippen molar-refractivity contribution in [2.45, 2.75) is 20.0 Å². The number of hydrogen-bond acceptors (Lipinski definition) is 4. The molecule has 0 saturated carbocycles. The van der Waals surface area contributed by atoms with E-state index in [1.54, 1.807) is 10.9 Å². The van der Waals surface area contributed by atoms with E-state index >= 15 is 0 Å². The molecule has 0 radical (unpaired) electrons. The van der Waals surface area contributed by atoms with Crippen LogP contribution in [0.2, 0.25) is 0 Å². The molecule has 5 nitrogen and oxygen atoms in total. The Morgan fingerprint density at radius 2 is 2.04 bits per heavy atom. The van der Waals surface area contributed by atoms with Crippen LogP contribution in [0.5, 0.6) is 5.75 Å². The van der Waals surface area contributed by atoms with Crippen molar-refractivity contribution in [3.05, 3.63) is 63.3 Å². The van der Waals surface area contributed by atoms with Crippen LogP contribution in [-0.4, -0.2) is 27.2 Å². The minimum Gasteiger partial charge on any atom is -0.491 e. The number of ether oxygens (including phenoxy) is 1. The summed E-state index contributed by atoms with van der Waals surface area (Å²) in [5, 5.41) is 11.6. The van der Waals surface area contributed by atoms with Crippen molar-refractivity contribution in [2.75, 3.05) is 0 Å². The van der Waals surface area contributed by atoms with Gasteiger partial charge in [-0.3, -0.25) is 0 Å². The average molecular weight is 417 g/mol. The van der Waals surface area contributed by atoms with Gasteiger partial charge in [-0.25, -0.2) is 5.10 Å². The molecule has 0 aliphatic rings. The smallest absolute Gasteiger partial charge is 0.216 e. The van der Waals surface area contributed by atoms with E-state index in [0.717, 1.165) is 21.3 Å². The predicted octanol–water partition coefficient (Wildman–Crippen LogP) is 5.04. The summed E-state index contributed by atoms with van der Waals surface area (Å²) in [4.78, 5) is 0. The number of halogens is 1. The van der Waals surface area contributed by atoms with E-state index in [2.05, 4.69) is 31.2 Å². The maximum absolute atomic E-state index is 5.75. The van der Waals surface area contributed by atoms with Crippen LogP contribution < -0.4 is 4.74 Å². The van der Waals surface area contributed by atoms with Gasteiger partial charge >= 0.3 is 0 Å². The zero-order valence-electron chi connectivity index (χ0n) is 13.8. The summed E-state index contributed by atoms with van der Waals surface area (Å²) in [5.74, 6) is 1.41. The lowest BCUT2D eigenvalue weighted by Gasteiger charge is -2.10. The zero-order chi connectivity index (χ0) is 17.8.